The van der Waals surface area contributed by atoms with Gasteiger partial charge in [0.1, 0.15) is 5.54 Å². The number of methoxy groups -OCH3 is 2. The molecule has 19 heavy (non-hydrogen) atoms. The number of nitrogens with zero attached hydrogens (tertiary/aromatic N) is 2. The van der Waals surface area contributed by atoms with Crippen LogP contribution in [0.15, 0.2) is 0 Å². The highest BCUT2D eigenvalue weighted by molar-refractivity contribution is 5.04. The van der Waals surface area contributed by atoms with Crippen LogP contribution in [0.1, 0.15) is 27.2 Å². The molecule has 0 radical (unpaired) electrons. The van der Waals surface area contributed by atoms with Gasteiger partial charge in [-0.25, -0.2) is 0 Å². The molecule has 112 valence electrons. The van der Waals surface area contributed by atoms with Gasteiger partial charge in [0, 0.05) is 32.8 Å². The average Bonchev–Trinajstić information content (AvgIpc) is 2.39. The van der Waals surface area contributed by atoms with Crippen LogP contribution in [-0.4, -0.2) is 63.5 Å². The molecule has 0 aromatic heterocycles. The lowest BCUT2D eigenvalue weighted by Gasteiger charge is -2.37. The van der Waals surface area contributed by atoms with Gasteiger partial charge < -0.3 is 14.8 Å². The minimum atomic E-state index is -0.502. The maximum absolute atomic E-state index is 9.25. The summed E-state index contributed by atoms with van der Waals surface area (Å²) in [5.74, 6) is 0. The molecule has 0 saturated carbocycles. The topological polar surface area (TPSA) is 57.5 Å². The molecular formula is C14H29N3O2. The molecule has 0 rings (SSSR count). The van der Waals surface area contributed by atoms with Gasteiger partial charge in [0.15, 0.2) is 0 Å². The number of hydrogen-bond donors (Lipinski definition) is 1. The Balaban J connectivity index is 4.70. The van der Waals surface area contributed by atoms with Crippen molar-refractivity contribution in [3.05, 3.63) is 0 Å². The number of nitrogens with one attached hydrogen (secondary N) is 1. The van der Waals surface area contributed by atoms with Crippen molar-refractivity contribution in [2.75, 3.05) is 41.0 Å². The Bertz CT molecular complexity index is 280. The van der Waals surface area contributed by atoms with Crippen LogP contribution < -0.4 is 5.32 Å². The lowest BCUT2D eigenvalue weighted by molar-refractivity contribution is 0.0445. The van der Waals surface area contributed by atoms with Gasteiger partial charge >= 0.3 is 0 Å². The van der Waals surface area contributed by atoms with E-state index in [1.165, 1.54) is 0 Å². The van der Waals surface area contributed by atoms with E-state index in [-0.39, 0.29) is 6.04 Å². The van der Waals surface area contributed by atoms with Crippen molar-refractivity contribution >= 4 is 0 Å². The highest BCUT2D eigenvalue weighted by atomic mass is 16.5. The van der Waals surface area contributed by atoms with Gasteiger partial charge in [-0.1, -0.05) is 0 Å². The van der Waals surface area contributed by atoms with E-state index < -0.39 is 5.54 Å². The van der Waals surface area contributed by atoms with E-state index in [9.17, 15) is 5.26 Å². The van der Waals surface area contributed by atoms with Crippen LogP contribution in [0.2, 0.25) is 0 Å². The fraction of sp³-hybridized carbons (Fsp3) is 0.929. The molecule has 5 nitrogen and oxygen atoms in total. The van der Waals surface area contributed by atoms with Crippen molar-refractivity contribution in [3.8, 4) is 6.07 Å². The third-order valence-corrected chi connectivity index (χ3v) is 3.60. The van der Waals surface area contributed by atoms with Crippen LogP contribution in [-0.2, 0) is 9.47 Å². The van der Waals surface area contributed by atoms with Crippen molar-refractivity contribution < 1.29 is 9.47 Å². The van der Waals surface area contributed by atoms with Gasteiger partial charge in [0.05, 0.1) is 19.3 Å². The molecule has 0 aliphatic rings. The molecule has 3 atom stereocenters. The maximum Gasteiger partial charge on any atom is 0.105 e. The van der Waals surface area contributed by atoms with Gasteiger partial charge in [-0.05, 0) is 34.2 Å². The Morgan fingerprint density at radius 1 is 1.26 bits per heavy atom. The number of rotatable bonds is 10. The van der Waals surface area contributed by atoms with E-state index in [1.807, 2.05) is 14.0 Å². The lowest BCUT2D eigenvalue weighted by atomic mass is 9.94. The summed E-state index contributed by atoms with van der Waals surface area (Å²) >= 11 is 0. The smallest absolute Gasteiger partial charge is 0.105 e. The van der Waals surface area contributed by atoms with E-state index in [4.69, 9.17) is 9.47 Å². The lowest BCUT2D eigenvalue weighted by Crippen LogP contribution is -2.50. The molecule has 0 fully saturated rings. The standard InChI is InChI=1S/C14H29N3O2/c1-12(9-14(3,11-15)16-4)17(7-8-18-5)13(2)10-19-6/h12-13,16H,7-10H2,1-6H3. The van der Waals surface area contributed by atoms with Crippen LogP contribution in [0.5, 0.6) is 0 Å². The van der Waals surface area contributed by atoms with Crippen LogP contribution in [0, 0.1) is 11.3 Å². The van der Waals surface area contributed by atoms with Gasteiger partial charge in [-0.2, -0.15) is 5.26 Å². The second-order valence-corrected chi connectivity index (χ2v) is 5.28. The number of hydrogen-bond acceptors (Lipinski definition) is 5. The third kappa shape index (κ3) is 6.35. The summed E-state index contributed by atoms with van der Waals surface area (Å²) in [4.78, 5) is 2.33. The van der Waals surface area contributed by atoms with Crippen LogP contribution in [0.4, 0.5) is 0 Å². The molecule has 0 aromatic rings. The third-order valence-electron chi connectivity index (χ3n) is 3.60. The summed E-state index contributed by atoms with van der Waals surface area (Å²) < 4.78 is 10.4. The zero-order chi connectivity index (χ0) is 14.9. The SMILES string of the molecule is CNC(C)(C#N)CC(C)N(CCOC)C(C)COC. The molecule has 0 saturated heterocycles. The van der Waals surface area contributed by atoms with Gasteiger partial charge in [-0.3, -0.25) is 4.90 Å². The highest BCUT2D eigenvalue weighted by Crippen LogP contribution is 2.17. The van der Waals surface area contributed by atoms with Gasteiger partial charge in [-0.15, -0.1) is 0 Å². The first kappa shape index (κ1) is 18.3. The number of ether oxygens (including phenoxy) is 2. The highest BCUT2D eigenvalue weighted by Gasteiger charge is 2.29. The summed E-state index contributed by atoms with van der Waals surface area (Å²) in [6.45, 7) is 8.41. The van der Waals surface area contributed by atoms with Crippen molar-refractivity contribution in [2.45, 2.75) is 44.8 Å². The van der Waals surface area contributed by atoms with Gasteiger partial charge in [0.25, 0.3) is 0 Å². The van der Waals surface area contributed by atoms with E-state index >= 15 is 0 Å². The summed E-state index contributed by atoms with van der Waals surface area (Å²) in [6.07, 6.45) is 0.762. The zero-order valence-corrected chi connectivity index (χ0v) is 13.2. The monoisotopic (exact) mass is 271 g/mol. The van der Waals surface area contributed by atoms with E-state index in [2.05, 4.69) is 30.1 Å². The molecular weight excluding hydrogens is 242 g/mol. The van der Waals surface area contributed by atoms with Crippen LogP contribution >= 0.6 is 0 Å². The zero-order valence-electron chi connectivity index (χ0n) is 13.2. The Kier molecular flexibility index (Phi) is 8.94. The molecule has 0 spiro atoms. The summed E-state index contributed by atoms with van der Waals surface area (Å²) in [5, 5.41) is 12.3. The van der Waals surface area contributed by atoms with E-state index in [1.54, 1.807) is 14.2 Å². The first-order chi connectivity index (χ1) is 8.94. The summed E-state index contributed by atoms with van der Waals surface area (Å²) in [7, 11) is 5.24. The molecule has 5 heteroatoms. The second kappa shape index (κ2) is 9.27. The van der Waals surface area contributed by atoms with E-state index in [0.717, 1.165) is 13.0 Å². The minimum absolute atomic E-state index is 0.275. The predicted molar refractivity (Wildman–Crippen MR) is 77.1 cm³/mol. The van der Waals surface area contributed by atoms with Crippen molar-refractivity contribution in [3.63, 3.8) is 0 Å². The molecule has 0 aromatic carbocycles. The van der Waals surface area contributed by atoms with Crippen molar-refractivity contribution in [1.82, 2.24) is 10.2 Å². The summed E-state index contributed by atoms with van der Waals surface area (Å²) in [6, 6.07) is 2.92. The summed E-state index contributed by atoms with van der Waals surface area (Å²) in [5.41, 5.74) is -0.502. The Labute approximate surface area is 117 Å². The quantitative estimate of drug-likeness (QED) is 0.648. The largest absolute Gasteiger partial charge is 0.383 e. The van der Waals surface area contributed by atoms with Crippen LogP contribution in [0.3, 0.4) is 0 Å². The molecule has 3 unspecified atom stereocenters. The predicted octanol–water partition coefficient (Wildman–Crippen LogP) is 1.25. The molecule has 0 aliphatic carbocycles. The van der Waals surface area contributed by atoms with E-state index in [0.29, 0.717) is 19.3 Å². The fourth-order valence-corrected chi connectivity index (χ4v) is 2.32. The minimum Gasteiger partial charge on any atom is -0.383 e. The number of nitriles is 1. The second-order valence-electron chi connectivity index (χ2n) is 5.28. The Morgan fingerprint density at radius 2 is 1.89 bits per heavy atom. The normalized spacial score (nSPS) is 17.8. The molecule has 1 N–H and O–H groups in total. The molecule has 0 aliphatic heterocycles. The fourth-order valence-electron chi connectivity index (χ4n) is 2.32. The molecule has 0 bridgehead atoms. The van der Waals surface area contributed by atoms with Gasteiger partial charge in [0.2, 0.25) is 0 Å². The molecule has 0 amide bonds. The first-order valence-electron chi connectivity index (χ1n) is 6.77. The average molecular weight is 271 g/mol. The molecule has 0 heterocycles. The van der Waals surface area contributed by atoms with Crippen molar-refractivity contribution in [1.29, 1.82) is 5.26 Å². The maximum atomic E-state index is 9.25. The van der Waals surface area contributed by atoms with Crippen molar-refractivity contribution in [2.24, 2.45) is 0 Å². The first-order valence-corrected chi connectivity index (χ1v) is 6.77. The Hall–Kier alpha value is -0.670. The van der Waals surface area contributed by atoms with Crippen LogP contribution in [0.25, 0.3) is 0 Å². The Morgan fingerprint density at radius 3 is 2.32 bits per heavy atom.